The van der Waals surface area contributed by atoms with Crippen LogP contribution in [0.15, 0.2) is 37.1 Å². The third-order valence-electron chi connectivity index (χ3n) is 8.41. The first-order valence-electron chi connectivity index (χ1n) is 14.2. The number of hydrogen-bond acceptors (Lipinski definition) is 8. The predicted octanol–water partition coefficient (Wildman–Crippen LogP) is 3.23. The Labute approximate surface area is 239 Å². The third kappa shape index (κ3) is 5.24. The molecule has 1 radical (unpaired) electrons. The van der Waals surface area contributed by atoms with E-state index in [2.05, 4.69) is 39.8 Å². The maximum Gasteiger partial charge on any atom is 0.451 e. The fourth-order valence-electron chi connectivity index (χ4n) is 6.13. The minimum Gasteiger partial charge on any atom is -0.346 e. The molecule has 7 heterocycles. The Bertz CT molecular complexity index is 1580. The van der Waals surface area contributed by atoms with Crippen molar-refractivity contribution in [1.82, 2.24) is 49.4 Å². The normalized spacial score (nSPS) is 19.5. The van der Waals surface area contributed by atoms with Crippen LogP contribution in [-0.2, 0) is 12.7 Å². The Hall–Kier alpha value is -3.91. The molecule has 1 amide bonds. The number of H-pyrrole nitrogens is 1. The Kier molecular flexibility index (Phi) is 6.89. The predicted molar refractivity (Wildman–Crippen MR) is 146 cm³/mol. The highest BCUT2D eigenvalue weighted by Crippen LogP contribution is 2.31. The highest BCUT2D eigenvalue weighted by molar-refractivity contribution is 5.92. The van der Waals surface area contributed by atoms with Gasteiger partial charge < -0.3 is 9.88 Å². The van der Waals surface area contributed by atoms with Crippen LogP contribution in [-0.4, -0.2) is 101 Å². The molecule has 1 N–H and O–H groups in total. The largest absolute Gasteiger partial charge is 0.451 e. The number of halogens is 3. The Morgan fingerprint density at radius 2 is 1.83 bits per heavy atom. The molecule has 0 unspecified atom stereocenters. The number of amides is 1. The summed E-state index contributed by atoms with van der Waals surface area (Å²) in [7, 11) is 0. The van der Waals surface area contributed by atoms with Gasteiger partial charge in [0.05, 0.1) is 17.6 Å². The number of aromatic nitrogens is 7. The molecule has 42 heavy (non-hydrogen) atoms. The number of carbonyl (C=O) groups is 1. The number of hydrogen-bond donors (Lipinski definition) is 1. The highest BCUT2D eigenvalue weighted by atomic mass is 19.4. The van der Waals surface area contributed by atoms with Gasteiger partial charge in [-0.15, -0.1) is 0 Å². The van der Waals surface area contributed by atoms with Crippen LogP contribution in [0.4, 0.5) is 13.2 Å². The number of carbonyl (C=O) groups excluding carboxylic acids is 1. The molecule has 0 aliphatic carbocycles. The second kappa shape index (κ2) is 10.7. The van der Waals surface area contributed by atoms with Crippen molar-refractivity contribution in [3.8, 4) is 11.3 Å². The number of aromatic amines is 1. The van der Waals surface area contributed by atoms with Crippen molar-refractivity contribution >= 4 is 16.9 Å². The molecule has 4 aromatic heterocycles. The van der Waals surface area contributed by atoms with Crippen molar-refractivity contribution in [3.05, 3.63) is 60.3 Å². The van der Waals surface area contributed by atoms with E-state index in [1.54, 1.807) is 4.90 Å². The maximum absolute atomic E-state index is 13.6. The van der Waals surface area contributed by atoms with Gasteiger partial charge in [-0.3, -0.25) is 19.3 Å². The van der Waals surface area contributed by atoms with Gasteiger partial charge in [0.25, 0.3) is 5.91 Å². The van der Waals surface area contributed by atoms with Crippen LogP contribution < -0.4 is 0 Å². The molecule has 0 spiro atoms. The van der Waals surface area contributed by atoms with E-state index < -0.39 is 17.9 Å². The maximum atomic E-state index is 13.6. The summed E-state index contributed by atoms with van der Waals surface area (Å²) in [6.45, 7) is 4.39. The van der Waals surface area contributed by atoms with Crippen molar-refractivity contribution in [2.45, 2.75) is 44.4 Å². The molecular weight excluding hydrogens is 549 g/mol. The van der Waals surface area contributed by atoms with Crippen LogP contribution >= 0.6 is 0 Å². The molecule has 3 saturated heterocycles. The molecular formula is C28H30F3N10O. The standard InChI is InChI=1S/C28H30F3N10O/c29-28(30,31)27-36-19(14-38-7-1-2-8-38)11-23(37-27)26(42)39-9-4-20(5-10-39)40-15-21(16-40)41-13-18(12-35-41)24-22-3-6-32-25(22)34-17-33-24/h3,6,11-13,17,20H,1-2,4-5,7-10,14-16H2,(H,32,33,34). The van der Waals surface area contributed by atoms with Crippen LogP contribution in [0.2, 0.25) is 0 Å². The number of alkyl halides is 3. The Morgan fingerprint density at radius 3 is 2.60 bits per heavy atom. The second-order valence-corrected chi connectivity index (χ2v) is 11.2. The van der Waals surface area contributed by atoms with Gasteiger partial charge >= 0.3 is 6.18 Å². The molecule has 14 heteroatoms. The van der Waals surface area contributed by atoms with Crippen molar-refractivity contribution in [1.29, 1.82) is 0 Å². The summed E-state index contributed by atoms with van der Waals surface area (Å²) in [6.07, 6.45) is 5.96. The quantitative estimate of drug-likeness (QED) is 0.371. The van der Waals surface area contributed by atoms with Crippen LogP contribution in [0, 0.1) is 6.04 Å². The lowest BCUT2D eigenvalue weighted by Crippen LogP contribution is -2.56. The molecule has 3 aliphatic heterocycles. The van der Waals surface area contributed by atoms with Gasteiger partial charge in [0.1, 0.15) is 23.7 Å². The number of piperidine rings is 1. The van der Waals surface area contributed by atoms with Gasteiger partial charge in [0.2, 0.25) is 5.82 Å². The molecule has 0 atom stereocenters. The van der Waals surface area contributed by atoms with E-state index in [0.717, 1.165) is 74.2 Å². The minimum atomic E-state index is -4.72. The topological polar surface area (TPSA) is 112 Å². The van der Waals surface area contributed by atoms with Crippen LogP contribution in [0.5, 0.6) is 0 Å². The van der Waals surface area contributed by atoms with Gasteiger partial charge in [-0.05, 0) is 50.9 Å². The van der Waals surface area contributed by atoms with E-state index in [0.29, 0.717) is 13.1 Å². The fourth-order valence-corrected chi connectivity index (χ4v) is 6.13. The molecule has 7 rings (SSSR count). The summed E-state index contributed by atoms with van der Waals surface area (Å²) >= 11 is 0. The fraction of sp³-hybridized carbons (Fsp3) is 0.464. The summed E-state index contributed by atoms with van der Waals surface area (Å²) in [6, 6.07) is 4.84. The average Bonchev–Trinajstić information content (AvgIpc) is 3.74. The number of rotatable bonds is 6. The molecule has 0 bridgehead atoms. The molecule has 11 nitrogen and oxygen atoms in total. The monoisotopic (exact) mass is 579 g/mol. The number of nitrogens with one attached hydrogen (secondary N) is 1. The lowest BCUT2D eigenvalue weighted by Gasteiger charge is -2.46. The zero-order chi connectivity index (χ0) is 28.8. The van der Waals surface area contributed by atoms with Gasteiger partial charge in [0, 0.05) is 62.1 Å². The minimum absolute atomic E-state index is 0.181. The van der Waals surface area contributed by atoms with Gasteiger partial charge in [-0.25, -0.2) is 19.9 Å². The van der Waals surface area contributed by atoms with Crippen molar-refractivity contribution in [2.75, 3.05) is 39.3 Å². The highest BCUT2D eigenvalue weighted by Gasteiger charge is 2.39. The van der Waals surface area contributed by atoms with E-state index in [9.17, 15) is 18.0 Å². The third-order valence-corrected chi connectivity index (χ3v) is 8.41. The van der Waals surface area contributed by atoms with E-state index >= 15 is 0 Å². The van der Waals surface area contributed by atoms with Gasteiger partial charge in [-0.1, -0.05) is 0 Å². The SMILES string of the molecule is O=C(c1cc(CN2CCCC2)nc(C(F)(F)F)n1)N1CCC(N2C[C](n3cc(-c4ncnc5[nH]ccc45)cn3)C2)CC1. The molecule has 0 aromatic carbocycles. The summed E-state index contributed by atoms with van der Waals surface area (Å²) in [5.74, 6) is -1.72. The van der Waals surface area contributed by atoms with E-state index in [4.69, 9.17) is 0 Å². The molecule has 3 aliphatic rings. The Morgan fingerprint density at radius 1 is 1.05 bits per heavy atom. The lowest BCUT2D eigenvalue weighted by atomic mass is 9.97. The summed E-state index contributed by atoms with van der Waals surface area (Å²) < 4.78 is 42.6. The Balaban J connectivity index is 0.959. The van der Waals surface area contributed by atoms with Crippen LogP contribution in [0.1, 0.15) is 47.7 Å². The molecule has 0 saturated carbocycles. The van der Waals surface area contributed by atoms with Gasteiger partial charge in [0.15, 0.2) is 0 Å². The molecule has 219 valence electrons. The number of nitrogens with zero attached hydrogens (tertiary/aromatic N) is 9. The zero-order valence-electron chi connectivity index (χ0n) is 22.9. The van der Waals surface area contributed by atoms with Crippen molar-refractivity contribution < 1.29 is 18.0 Å². The first-order valence-corrected chi connectivity index (χ1v) is 14.2. The van der Waals surface area contributed by atoms with E-state index in [1.807, 2.05) is 29.3 Å². The van der Waals surface area contributed by atoms with Crippen molar-refractivity contribution in [3.63, 3.8) is 0 Å². The second-order valence-electron chi connectivity index (χ2n) is 11.2. The first kappa shape index (κ1) is 27.0. The lowest BCUT2D eigenvalue weighted by molar-refractivity contribution is -0.145. The van der Waals surface area contributed by atoms with E-state index in [-0.39, 0.29) is 24.0 Å². The number of likely N-dealkylation sites (tertiary alicyclic amines) is 3. The molecule has 4 aromatic rings. The average molecular weight is 580 g/mol. The van der Waals surface area contributed by atoms with Crippen molar-refractivity contribution in [2.24, 2.45) is 0 Å². The zero-order valence-corrected chi connectivity index (χ0v) is 22.9. The van der Waals surface area contributed by atoms with E-state index in [1.165, 1.54) is 18.4 Å². The van der Waals surface area contributed by atoms with Crippen LogP contribution in [0.25, 0.3) is 22.3 Å². The van der Waals surface area contributed by atoms with Gasteiger partial charge in [-0.2, -0.15) is 18.3 Å². The summed E-state index contributed by atoms with van der Waals surface area (Å²) in [4.78, 5) is 38.5. The number of fused-ring (bicyclic) bond motifs is 1. The summed E-state index contributed by atoms with van der Waals surface area (Å²) in [5, 5.41) is 5.49. The molecule has 3 fully saturated rings. The van der Waals surface area contributed by atoms with Crippen LogP contribution in [0.3, 0.4) is 0 Å². The first-order chi connectivity index (χ1) is 20.3. The summed E-state index contributed by atoms with van der Waals surface area (Å²) in [5.41, 5.74) is 2.58. The smallest absolute Gasteiger partial charge is 0.346 e.